The van der Waals surface area contributed by atoms with Crippen molar-refractivity contribution in [1.29, 1.82) is 0 Å². The minimum absolute atomic E-state index is 0.186. The average Bonchev–Trinajstić information content (AvgIpc) is 3.05. The summed E-state index contributed by atoms with van der Waals surface area (Å²) in [6, 6.07) is 29.4. The highest BCUT2D eigenvalue weighted by atomic mass is 16.5. The van der Waals surface area contributed by atoms with Crippen molar-refractivity contribution >= 4 is 29.0 Å². The maximum atomic E-state index is 13.1. The third-order valence-corrected chi connectivity index (χ3v) is 6.98. The van der Waals surface area contributed by atoms with E-state index in [2.05, 4.69) is 11.9 Å². The molecule has 0 saturated carbocycles. The molecule has 0 aliphatic carbocycles. The second-order valence-electron chi connectivity index (χ2n) is 10.2. The Kier molecular flexibility index (Phi) is 10.9. The lowest BCUT2D eigenvalue weighted by Crippen LogP contribution is -2.33. The predicted octanol–water partition coefficient (Wildman–Crippen LogP) is 6.41. The number of nitrogens with one attached hydrogen (secondary N) is 1. The monoisotopic (exact) mass is 592 g/mol. The van der Waals surface area contributed by atoms with Crippen molar-refractivity contribution in [3.63, 3.8) is 0 Å². The van der Waals surface area contributed by atoms with Crippen LogP contribution in [0.25, 0.3) is 0 Å². The summed E-state index contributed by atoms with van der Waals surface area (Å²) in [5.74, 6) is -0.181. The first-order valence-corrected chi connectivity index (χ1v) is 14.3. The summed E-state index contributed by atoms with van der Waals surface area (Å²) in [5, 5.41) is 13.0. The summed E-state index contributed by atoms with van der Waals surface area (Å²) in [5.41, 5.74) is 3.27. The number of benzene rings is 4. The first-order chi connectivity index (χ1) is 21.3. The van der Waals surface area contributed by atoms with E-state index in [4.69, 9.17) is 9.47 Å². The van der Waals surface area contributed by atoms with Crippen molar-refractivity contribution in [2.24, 2.45) is 0 Å². The fourth-order valence-electron chi connectivity index (χ4n) is 4.72. The molecule has 0 aliphatic heterocycles. The molecule has 0 bridgehead atoms. The number of hydrogen-bond acceptors (Lipinski definition) is 6. The maximum absolute atomic E-state index is 13.1. The first kappa shape index (κ1) is 31.6. The van der Waals surface area contributed by atoms with Crippen LogP contribution in [0.3, 0.4) is 0 Å². The number of aliphatic carboxylic acids is 1. The third-order valence-electron chi connectivity index (χ3n) is 6.98. The van der Waals surface area contributed by atoms with Gasteiger partial charge < -0.3 is 24.8 Å². The molecule has 0 spiro atoms. The highest BCUT2D eigenvalue weighted by molar-refractivity contribution is 6.12. The molecule has 226 valence electrons. The van der Waals surface area contributed by atoms with Gasteiger partial charge in [-0.1, -0.05) is 73.3 Å². The predicted molar refractivity (Wildman–Crippen MR) is 172 cm³/mol. The molecule has 8 nitrogen and oxygen atoms in total. The second-order valence-corrected chi connectivity index (χ2v) is 10.2. The van der Waals surface area contributed by atoms with Crippen molar-refractivity contribution < 1.29 is 29.0 Å². The van der Waals surface area contributed by atoms with Gasteiger partial charge in [0.05, 0.1) is 19.4 Å². The van der Waals surface area contributed by atoms with Gasteiger partial charge >= 0.3 is 5.97 Å². The number of carboxylic acid groups (broad SMARTS) is 1. The standard InChI is InChI=1S/C36H36N2O6/c1-25(2)35(40)38(32-16-9-10-17-33(32)43-3)22-11-23-44-28-20-18-26(19-21-28)24-31(36(41)42)37-30-15-8-7-14-29(30)34(39)27-12-5-4-6-13-27/h4-10,12-21,31,37H,1,11,22-24H2,2-3H3,(H,41,42)/t31-/m0/s1. The number of rotatable bonds is 15. The Morgan fingerprint density at radius 2 is 1.55 bits per heavy atom. The number of ketones is 1. The van der Waals surface area contributed by atoms with E-state index in [1.165, 1.54) is 0 Å². The van der Waals surface area contributed by atoms with Crippen LogP contribution >= 0.6 is 0 Å². The molecule has 1 amide bonds. The summed E-state index contributed by atoms with van der Waals surface area (Å²) < 4.78 is 11.4. The van der Waals surface area contributed by atoms with Crippen LogP contribution in [-0.4, -0.2) is 49.1 Å². The van der Waals surface area contributed by atoms with Crippen LogP contribution < -0.4 is 19.7 Å². The number of carbonyl (C=O) groups excluding carboxylic acids is 2. The van der Waals surface area contributed by atoms with Crippen molar-refractivity contribution in [2.75, 3.05) is 30.5 Å². The number of anilines is 2. The Balaban J connectivity index is 1.36. The average molecular weight is 593 g/mol. The van der Waals surface area contributed by atoms with Gasteiger partial charge in [0, 0.05) is 35.4 Å². The highest BCUT2D eigenvalue weighted by Gasteiger charge is 2.22. The Bertz CT molecular complexity index is 1600. The van der Waals surface area contributed by atoms with E-state index in [0.29, 0.717) is 59.1 Å². The molecule has 0 saturated heterocycles. The van der Waals surface area contributed by atoms with Crippen LogP contribution in [0.5, 0.6) is 11.5 Å². The van der Waals surface area contributed by atoms with E-state index in [9.17, 15) is 19.5 Å². The number of amides is 1. The molecule has 0 heterocycles. The van der Waals surface area contributed by atoms with Gasteiger partial charge in [-0.15, -0.1) is 0 Å². The first-order valence-electron chi connectivity index (χ1n) is 14.3. The smallest absolute Gasteiger partial charge is 0.326 e. The van der Waals surface area contributed by atoms with E-state index >= 15 is 0 Å². The molecule has 0 aliphatic rings. The second kappa shape index (κ2) is 15.2. The van der Waals surface area contributed by atoms with Crippen molar-refractivity contribution in [1.82, 2.24) is 0 Å². The molecule has 0 aromatic heterocycles. The number of methoxy groups -OCH3 is 1. The Hall–Kier alpha value is -5.37. The van der Waals surface area contributed by atoms with Crippen LogP contribution in [0.1, 0.15) is 34.8 Å². The molecule has 2 N–H and O–H groups in total. The number of para-hydroxylation sites is 3. The number of carbonyl (C=O) groups is 3. The zero-order valence-corrected chi connectivity index (χ0v) is 24.9. The van der Waals surface area contributed by atoms with Gasteiger partial charge in [0.2, 0.25) is 0 Å². The highest BCUT2D eigenvalue weighted by Crippen LogP contribution is 2.29. The Labute approximate surface area is 257 Å². The minimum atomic E-state index is -1.03. The van der Waals surface area contributed by atoms with E-state index in [0.717, 1.165) is 5.56 Å². The van der Waals surface area contributed by atoms with Gasteiger partial charge in [0.25, 0.3) is 5.91 Å². The lowest BCUT2D eigenvalue weighted by atomic mass is 10.00. The van der Waals surface area contributed by atoms with E-state index < -0.39 is 12.0 Å². The van der Waals surface area contributed by atoms with Crippen molar-refractivity contribution in [3.05, 3.63) is 132 Å². The van der Waals surface area contributed by atoms with Crippen molar-refractivity contribution in [2.45, 2.75) is 25.8 Å². The van der Waals surface area contributed by atoms with Crippen LogP contribution in [0, 0.1) is 0 Å². The largest absolute Gasteiger partial charge is 0.495 e. The van der Waals surface area contributed by atoms with E-state index in [1.807, 2.05) is 36.4 Å². The van der Waals surface area contributed by atoms with Gasteiger partial charge in [-0.2, -0.15) is 0 Å². The molecule has 8 heteroatoms. The summed E-state index contributed by atoms with van der Waals surface area (Å²) in [6.07, 6.45) is 0.755. The molecule has 1 atom stereocenters. The Morgan fingerprint density at radius 3 is 2.23 bits per heavy atom. The number of ether oxygens (including phenoxy) is 2. The van der Waals surface area contributed by atoms with Crippen molar-refractivity contribution in [3.8, 4) is 11.5 Å². The van der Waals surface area contributed by atoms with Gasteiger partial charge in [0.1, 0.15) is 17.5 Å². The Morgan fingerprint density at radius 1 is 0.886 bits per heavy atom. The number of carboxylic acids is 1. The van der Waals surface area contributed by atoms with Gasteiger partial charge in [-0.25, -0.2) is 4.79 Å². The number of nitrogens with zero attached hydrogens (tertiary/aromatic N) is 1. The molecule has 0 fully saturated rings. The lowest BCUT2D eigenvalue weighted by molar-refractivity contribution is -0.137. The fourth-order valence-corrected chi connectivity index (χ4v) is 4.72. The summed E-state index contributed by atoms with van der Waals surface area (Å²) in [6.45, 7) is 6.25. The molecule has 4 aromatic rings. The third kappa shape index (κ3) is 8.13. The zero-order chi connectivity index (χ0) is 31.5. The summed E-state index contributed by atoms with van der Waals surface area (Å²) in [7, 11) is 1.57. The molecule has 44 heavy (non-hydrogen) atoms. The van der Waals surface area contributed by atoms with Crippen LogP contribution in [0.15, 0.2) is 115 Å². The summed E-state index contributed by atoms with van der Waals surface area (Å²) in [4.78, 5) is 39.8. The van der Waals surface area contributed by atoms with E-state index in [-0.39, 0.29) is 18.1 Å². The minimum Gasteiger partial charge on any atom is -0.495 e. The normalized spacial score (nSPS) is 11.2. The molecule has 4 aromatic carbocycles. The maximum Gasteiger partial charge on any atom is 0.326 e. The van der Waals surface area contributed by atoms with Gasteiger partial charge in [0.15, 0.2) is 5.78 Å². The molecule has 0 radical (unpaired) electrons. The molecular weight excluding hydrogens is 556 g/mol. The molecule has 4 rings (SSSR count). The topological polar surface area (TPSA) is 105 Å². The van der Waals surface area contributed by atoms with E-state index in [1.54, 1.807) is 85.7 Å². The van der Waals surface area contributed by atoms with Crippen LogP contribution in [0.2, 0.25) is 0 Å². The van der Waals surface area contributed by atoms with Gasteiger partial charge in [-0.3, -0.25) is 9.59 Å². The zero-order valence-electron chi connectivity index (χ0n) is 24.9. The van der Waals surface area contributed by atoms with Crippen LogP contribution in [0.4, 0.5) is 11.4 Å². The number of hydrogen-bond donors (Lipinski definition) is 2. The fraction of sp³-hybridized carbons (Fsp3) is 0.194. The van der Waals surface area contributed by atoms with Crippen LogP contribution in [-0.2, 0) is 16.0 Å². The lowest BCUT2D eigenvalue weighted by Gasteiger charge is -2.24. The summed E-state index contributed by atoms with van der Waals surface area (Å²) >= 11 is 0. The SMILES string of the molecule is C=C(C)C(=O)N(CCCOc1ccc(C[C@H](Nc2ccccc2C(=O)c2ccccc2)C(=O)O)cc1)c1ccccc1OC. The van der Waals surface area contributed by atoms with Gasteiger partial charge in [-0.05, 0) is 55.3 Å². The molecule has 0 unspecified atom stereocenters. The quantitative estimate of drug-likeness (QED) is 0.0933. The molecular formula is C36H36N2O6.